The molecule has 0 bridgehead atoms. The van der Waals surface area contributed by atoms with Gasteiger partial charge in [-0.2, -0.15) is 0 Å². The maximum atomic E-state index is 13.0. The highest BCUT2D eigenvalue weighted by Gasteiger charge is 2.44. The molecule has 0 spiro atoms. The molecule has 4 nitrogen and oxygen atoms in total. The summed E-state index contributed by atoms with van der Waals surface area (Å²) in [6, 6.07) is 8.17. The second-order valence-corrected chi connectivity index (χ2v) is 7.67. The lowest BCUT2D eigenvalue weighted by Crippen LogP contribution is -2.42. The fourth-order valence-electron chi connectivity index (χ4n) is 4.77. The third-order valence-corrected chi connectivity index (χ3v) is 6.23. The Bertz CT molecular complexity index is 625. The monoisotopic (exact) mass is 343 g/mol. The van der Waals surface area contributed by atoms with Crippen LogP contribution in [0.25, 0.3) is 0 Å². The van der Waals surface area contributed by atoms with E-state index < -0.39 is 0 Å². The molecular formula is C21H29NO3. The van der Waals surface area contributed by atoms with E-state index in [4.69, 9.17) is 10.5 Å². The zero-order valence-corrected chi connectivity index (χ0v) is 15.2. The number of ketones is 1. The molecule has 5 atom stereocenters. The Morgan fingerprint density at radius 2 is 1.92 bits per heavy atom. The van der Waals surface area contributed by atoms with Crippen molar-refractivity contribution in [1.29, 1.82) is 0 Å². The molecular weight excluding hydrogens is 314 g/mol. The molecule has 0 aliphatic heterocycles. The Morgan fingerprint density at radius 1 is 1.20 bits per heavy atom. The highest BCUT2D eigenvalue weighted by Crippen LogP contribution is 2.47. The lowest BCUT2D eigenvalue weighted by molar-refractivity contribution is -0.154. The van der Waals surface area contributed by atoms with Crippen molar-refractivity contribution in [3.05, 3.63) is 29.8 Å². The van der Waals surface area contributed by atoms with Gasteiger partial charge in [-0.15, -0.1) is 0 Å². The fourth-order valence-corrected chi connectivity index (χ4v) is 4.77. The Balaban J connectivity index is 1.65. The van der Waals surface area contributed by atoms with Crippen molar-refractivity contribution in [1.82, 2.24) is 0 Å². The largest absolute Gasteiger partial charge is 0.466 e. The van der Waals surface area contributed by atoms with Crippen LogP contribution in [-0.4, -0.2) is 18.4 Å². The van der Waals surface area contributed by atoms with Crippen LogP contribution in [0.2, 0.25) is 0 Å². The third kappa shape index (κ3) is 3.73. The number of carbonyl (C=O) groups excluding carboxylic acids is 2. The number of carbonyl (C=O) groups is 2. The van der Waals surface area contributed by atoms with Crippen LogP contribution in [0.15, 0.2) is 24.3 Å². The molecule has 2 N–H and O–H groups in total. The van der Waals surface area contributed by atoms with E-state index in [0.717, 1.165) is 37.8 Å². The lowest BCUT2D eigenvalue weighted by atomic mass is 9.61. The third-order valence-electron chi connectivity index (χ3n) is 6.23. The molecule has 25 heavy (non-hydrogen) atoms. The van der Waals surface area contributed by atoms with Gasteiger partial charge in [0.05, 0.1) is 12.5 Å². The Hall–Kier alpha value is -1.84. The molecule has 1 aromatic rings. The van der Waals surface area contributed by atoms with Crippen LogP contribution in [-0.2, 0) is 14.3 Å². The highest BCUT2D eigenvalue weighted by atomic mass is 16.5. The van der Waals surface area contributed by atoms with Crippen molar-refractivity contribution in [2.45, 2.75) is 51.9 Å². The van der Waals surface area contributed by atoms with Crippen LogP contribution < -0.4 is 5.73 Å². The second kappa shape index (κ2) is 7.59. The maximum absolute atomic E-state index is 13.0. The first kappa shape index (κ1) is 18.0. The van der Waals surface area contributed by atoms with Crippen LogP contribution in [0.5, 0.6) is 0 Å². The first-order valence-electron chi connectivity index (χ1n) is 9.57. The van der Waals surface area contributed by atoms with Crippen molar-refractivity contribution < 1.29 is 14.3 Å². The summed E-state index contributed by atoms with van der Waals surface area (Å²) in [6.07, 6.45) is 4.90. The average molecular weight is 343 g/mol. The molecule has 2 fully saturated rings. The quantitative estimate of drug-likeness (QED) is 0.664. The van der Waals surface area contributed by atoms with Gasteiger partial charge in [-0.1, -0.05) is 19.1 Å². The number of ether oxygens (including phenoxy) is 1. The Labute approximate surface area is 150 Å². The van der Waals surface area contributed by atoms with Crippen molar-refractivity contribution in [3.63, 3.8) is 0 Å². The second-order valence-electron chi connectivity index (χ2n) is 7.67. The normalized spacial score (nSPS) is 30.4. The zero-order chi connectivity index (χ0) is 18.0. The van der Waals surface area contributed by atoms with Gasteiger partial charge in [0.2, 0.25) is 0 Å². The van der Waals surface area contributed by atoms with Gasteiger partial charge in [0, 0.05) is 17.5 Å². The lowest BCUT2D eigenvalue weighted by Gasteiger charge is -2.42. The summed E-state index contributed by atoms with van der Waals surface area (Å²) in [6.45, 7) is 4.03. The molecule has 0 radical (unpaired) electrons. The van der Waals surface area contributed by atoms with Gasteiger partial charge in [-0.3, -0.25) is 9.59 Å². The number of nitrogens with two attached hydrogens (primary N) is 1. The number of esters is 1. The van der Waals surface area contributed by atoms with Crippen molar-refractivity contribution in [3.8, 4) is 0 Å². The predicted molar refractivity (Wildman–Crippen MR) is 98.0 cm³/mol. The van der Waals surface area contributed by atoms with Gasteiger partial charge in [0.25, 0.3) is 0 Å². The molecule has 3 rings (SSSR count). The molecule has 136 valence electrons. The number of rotatable bonds is 4. The average Bonchev–Trinajstić information content (AvgIpc) is 2.62. The molecule has 1 aromatic carbocycles. The van der Waals surface area contributed by atoms with E-state index in [0.29, 0.717) is 24.2 Å². The number of benzene rings is 1. The molecule has 5 unspecified atom stereocenters. The number of anilines is 1. The molecule has 4 heteroatoms. The van der Waals surface area contributed by atoms with Crippen molar-refractivity contribution in [2.75, 3.05) is 12.3 Å². The van der Waals surface area contributed by atoms with Crippen molar-refractivity contribution >= 4 is 17.4 Å². The number of Topliss-reactive ketones (excluding diaryl/α,β-unsaturated/α-hetero) is 1. The van der Waals surface area contributed by atoms with E-state index in [-0.39, 0.29) is 23.7 Å². The predicted octanol–water partition coefficient (Wildman–Crippen LogP) is 3.95. The van der Waals surface area contributed by atoms with Crippen LogP contribution >= 0.6 is 0 Å². The maximum Gasteiger partial charge on any atom is 0.309 e. The smallest absolute Gasteiger partial charge is 0.309 e. The summed E-state index contributed by atoms with van der Waals surface area (Å²) >= 11 is 0. The minimum absolute atomic E-state index is 0.126. The van der Waals surface area contributed by atoms with E-state index in [1.165, 1.54) is 5.56 Å². The summed E-state index contributed by atoms with van der Waals surface area (Å²) in [5.74, 6) is 0.697. The Kier molecular flexibility index (Phi) is 5.45. The van der Waals surface area contributed by atoms with Gasteiger partial charge in [-0.05, 0) is 68.6 Å². The van der Waals surface area contributed by atoms with E-state index in [1.807, 2.05) is 26.0 Å². The number of hydrogen-bond donors (Lipinski definition) is 1. The number of fused-ring (bicyclic) bond motifs is 1. The molecule has 0 saturated heterocycles. The summed E-state index contributed by atoms with van der Waals surface area (Å²) in [4.78, 5) is 25.0. The van der Waals surface area contributed by atoms with Gasteiger partial charge in [0.15, 0.2) is 0 Å². The van der Waals surface area contributed by atoms with Gasteiger partial charge >= 0.3 is 5.97 Å². The standard InChI is InChI=1S/C21H29NO3/c1-3-25-21(24)13(2)18-10-7-16-12-15(6-11-19(16)20(18)23)14-4-8-17(22)9-5-14/h4-5,8-9,13,15-16,18-19H,3,6-7,10-12,22H2,1-2H3. The Morgan fingerprint density at radius 3 is 2.60 bits per heavy atom. The van der Waals surface area contributed by atoms with Crippen LogP contribution in [0.1, 0.15) is 57.4 Å². The summed E-state index contributed by atoms with van der Waals surface area (Å²) in [7, 11) is 0. The SMILES string of the molecule is CCOC(=O)C(C)C1CCC2CC(c3ccc(N)cc3)CCC2C1=O. The van der Waals surface area contributed by atoms with Gasteiger partial charge < -0.3 is 10.5 Å². The topological polar surface area (TPSA) is 69.4 Å². The minimum atomic E-state index is -0.316. The zero-order valence-electron chi connectivity index (χ0n) is 15.2. The molecule has 2 saturated carbocycles. The fraction of sp³-hybridized carbons (Fsp3) is 0.619. The van der Waals surface area contributed by atoms with E-state index in [9.17, 15) is 9.59 Å². The first-order valence-corrected chi connectivity index (χ1v) is 9.57. The molecule has 2 aliphatic rings. The molecule has 0 amide bonds. The first-order chi connectivity index (χ1) is 12.0. The summed E-state index contributed by atoms with van der Waals surface area (Å²) in [5, 5.41) is 0. The van der Waals surface area contributed by atoms with Crippen LogP contribution in [0, 0.1) is 23.7 Å². The molecule has 2 aliphatic carbocycles. The number of nitrogen functional groups attached to an aromatic ring is 1. The van der Waals surface area contributed by atoms with E-state index in [1.54, 1.807) is 0 Å². The molecule has 0 aromatic heterocycles. The number of hydrogen-bond acceptors (Lipinski definition) is 4. The highest BCUT2D eigenvalue weighted by molar-refractivity contribution is 5.89. The van der Waals surface area contributed by atoms with Crippen LogP contribution in [0.4, 0.5) is 5.69 Å². The summed E-state index contributed by atoms with van der Waals surface area (Å²) < 4.78 is 5.12. The van der Waals surface area contributed by atoms with Gasteiger partial charge in [-0.25, -0.2) is 0 Å². The van der Waals surface area contributed by atoms with Gasteiger partial charge in [0.1, 0.15) is 5.78 Å². The molecule has 0 heterocycles. The summed E-state index contributed by atoms with van der Waals surface area (Å²) in [5.41, 5.74) is 7.92. The van der Waals surface area contributed by atoms with E-state index >= 15 is 0 Å². The van der Waals surface area contributed by atoms with Crippen molar-refractivity contribution in [2.24, 2.45) is 23.7 Å². The van der Waals surface area contributed by atoms with Crippen LogP contribution in [0.3, 0.4) is 0 Å². The minimum Gasteiger partial charge on any atom is -0.466 e. The van der Waals surface area contributed by atoms with E-state index in [2.05, 4.69) is 12.1 Å².